The van der Waals surface area contributed by atoms with E-state index in [9.17, 15) is 0 Å². The van der Waals surface area contributed by atoms with Gasteiger partial charge in [-0.3, -0.25) is 4.99 Å². The summed E-state index contributed by atoms with van der Waals surface area (Å²) in [6, 6.07) is 0. The van der Waals surface area contributed by atoms with Gasteiger partial charge in [0.15, 0.2) is 5.96 Å². The summed E-state index contributed by atoms with van der Waals surface area (Å²) in [5.74, 6) is 1.75. The van der Waals surface area contributed by atoms with Gasteiger partial charge in [-0.2, -0.15) is 0 Å². The molecule has 0 fully saturated rings. The summed E-state index contributed by atoms with van der Waals surface area (Å²) < 4.78 is 0. The van der Waals surface area contributed by atoms with Crippen molar-refractivity contribution in [3.63, 3.8) is 0 Å². The second-order valence-electron chi connectivity index (χ2n) is 5.96. The van der Waals surface area contributed by atoms with Gasteiger partial charge in [0.1, 0.15) is 0 Å². The van der Waals surface area contributed by atoms with Crippen LogP contribution in [0.2, 0.25) is 0 Å². The van der Waals surface area contributed by atoms with Crippen molar-refractivity contribution in [3.8, 4) is 0 Å². The number of nitrogens with one attached hydrogen (secondary N) is 2. The van der Waals surface area contributed by atoms with Gasteiger partial charge < -0.3 is 15.5 Å². The van der Waals surface area contributed by atoms with E-state index < -0.39 is 0 Å². The molecule has 0 amide bonds. The molecule has 0 radical (unpaired) electrons. The third-order valence-electron chi connectivity index (χ3n) is 3.64. The molecule has 134 valence electrons. The van der Waals surface area contributed by atoms with Crippen molar-refractivity contribution in [2.75, 3.05) is 39.3 Å². The highest BCUT2D eigenvalue weighted by Gasteiger charge is 2.00. The lowest BCUT2D eigenvalue weighted by Crippen LogP contribution is -2.38. The van der Waals surface area contributed by atoms with Crippen LogP contribution in [0.5, 0.6) is 0 Å². The van der Waals surface area contributed by atoms with Gasteiger partial charge in [0, 0.05) is 19.6 Å². The number of rotatable bonds is 12. The highest BCUT2D eigenvalue weighted by Crippen LogP contribution is 2.02. The summed E-state index contributed by atoms with van der Waals surface area (Å²) >= 11 is 0. The van der Waals surface area contributed by atoms with Crippen LogP contribution in [0.3, 0.4) is 0 Å². The minimum absolute atomic E-state index is 0. The van der Waals surface area contributed by atoms with Crippen LogP contribution in [0.25, 0.3) is 0 Å². The van der Waals surface area contributed by atoms with Crippen molar-refractivity contribution in [2.45, 2.75) is 60.3 Å². The van der Waals surface area contributed by atoms with Crippen LogP contribution in [0.15, 0.2) is 4.99 Å². The molecule has 0 heterocycles. The molecular formula is C17H39IN4. The Kier molecular flexibility index (Phi) is 19.1. The van der Waals surface area contributed by atoms with Gasteiger partial charge in [-0.05, 0) is 58.2 Å². The van der Waals surface area contributed by atoms with Gasteiger partial charge in [0.05, 0.1) is 0 Å². The second kappa shape index (κ2) is 17.3. The van der Waals surface area contributed by atoms with Gasteiger partial charge in [0.2, 0.25) is 0 Å². The molecule has 0 aromatic carbocycles. The zero-order valence-electron chi connectivity index (χ0n) is 15.5. The molecule has 0 aromatic heterocycles. The summed E-state index contributed by atoms with van der Waals surface area (Å²) in [5, 5.41) is 6.76. The van der Waals surface area contributed by atoms with Gasteiger partial charge >= 0.3 is 0 Å². The predicted octanol–water partition coefficient (Wildman–Crippen LogP) is 3.72. The Morgan fingerprint density at radius 3 is 2.23 bits per heavy atom. The van der Waals surface area contributed by atoms with Crippen molar-refractivity contribution < 1.29 is 0 Å². The maximum Gasteiger partial charge on any atom is 0.191 e. The molecular weight excluding hydrogens is 387 g/mol. The Balaban J connectivity index is 0. The van der Waals surface area contributed by atoms with Crippen molar-refractivity contribution >= 4 is 29.9 Å². The van der Waals surface area contributed by atoms with Crippen molar-refractivity contribution in [3.05, 3.63) is 0 Å². The van der Waals surface area contributed by atoms with Crippen LogP contribution >= 0.6 is 24.0 Å². The molecule has 0 aliphatic carbocycles. The first-order chi connectivity index (χ1) is 10.1. The van der Waals surface area contributed by atoms with Crippen LogP contribution < -0.4 is 10.6 Å². The fraction of sp³-hybridized carbons (Fsp3) is 0.941. The average Bonchev–Trinajstić information content (AvgIpc) is 2.47. The largest absolute Gasteiger partial charge is 0.357 e. The smallest absolute Gasteiger partial charge is 0.191 e. The van der Waals surface area contributed by atoms with Gasteiger partial charge in [-0.15, -0.1) is 24.0 Å². The van der Waals surface area contributed by atoms with E-state index in [2.05, 4.69) is 55.1 Å². The number of hydrogen-bond acceptors (Lipinski definition) is 2. The number of nitrogens with zero attached hydrogens (tertiary/aromatic N) is 2. The van der Waals surface area contributed by atoms with Gasteiger partial charge in [-0.1, -0.05) is 27.7 Å². The highest BCUT2D eigenvalue weighted by molar-refractivity contribution is 14.0. The Bertz CT molecular complexity index is 253. The summed E-state index contributed by atoms with van der Waals surface area (Å²) in [6.45, 7) is 17.5. The minimum atomic E-state index is 0. The van der Waals surface area contributed by atoms with Crippen molar-refractivity contribution in [1.29, 1.82) is 0 Å². The Morgan fingerprint density at radius 1 is 1.00 bits per heavy atom. The maximum absolute atomic E-state index is 4.63. The number of hydrogen-bond donors (Lipinski definition) is 2. The molecule has 0 bridgehead atoms. The fourth-order valence-electron chi connectivity index (χ4n) is 2.24. The minimum Gasteiger partial charge on any atom is -0.357 e. The summed E-state index contributed by atoms with van der Waals surface area (Å²) in [4.78, 5) is 7.11. The molecule has 4 nitrogen and oxygen atoms in total. The topological polar surface area (TPSA) is 39.7 Å². The highest BCUT2D eigenvalue weighted by atomic mass is 127. The predicted molar refractivity (Wildman–Crippen MR) is 110 cm³/mol. The number of aliphatic imine (C=N–C) groups is 1. The molecule has 5 heteroatoms. The van der Waals surface area contributed by atoms with E-state index >= 15 is 0 Å². The summed E-state index contributed by atoms with van der Waals surface area (Å²) in [5.41, 5.74) is 0. The lowest BCUT2D eigenvalue weighted by atomic mass is 10.1. The Hall–Kier alpha value is -0.0400. The monoisotopic (exact) mass is 426 g/mol. The SMILES string of the molecule is CCNC(=NCCCC(C)C)NCCCCN(CC)CC.I. The van der Waals surface area contributed by atoms with E-state index in [1.54, 1.807) is 0 Å². The van der Waals surface area contributed by atoms with E-state index in [-0.39, 0.29) is 24.0 Å². The normalized spacial score (nSPS) is 11.7. The number of guanidine groups is 1. The molecule has 0 aliphatic rings. The summed E-state index contributed by atoms with van der Waals surface area (Å²) in [7, 11) is 0. The molecule has 0 spiro atoms. The first-order valence-electron chi connectivity index (χ1n) is 8.88. The van der Waals surface area contributed by atoms with Crippen molar-refractivity contribution in [1.82, 2.24) is 15.5 Å². The Morgan fingerprint density at radius 2 is 1.68 bits per heavy atom. The molecule has 0 aliphatic heterocycles. The third-order valence-corrected chi connectivity index (χ3v) is 3.64. The number of unbranched alkanes of at least 4 members (excludes halogenated alkanes) is 1. The van der Waals surface area contributed by atoms with E-state index in [0.29, 0.717) is 0 Å². The van der Waals surface area contributed by atoms with Crippen LogP contribution in [0, 0.1) is 5.92 Å². The zero-order valence-corrected chi connectivity index (χ0v) is 17.8. The molecule has 22 heavy (non-hydrogen) atoms. The van der Waals surface area contributed by atoms with E-state index in [0.717, 1.165) is 44.6 Å². The average molecular weight is 426 g/mol. The lowest BCUT2D eigenvalue weighted by Gasteiger charge is -2.18. The molecule has 0 rings (SSSR count). The fourth-order valence-corrected chi connectivity index (χ4v) is 2.24. The number of halogens is 1. The molecule has 0 saturated heterocycles. The van der Waals surface area contributed by atoms with Crippen molar-refractivity contribution in [2.24, 2.45) is 10.9 Å². The molecule has 0 unspecified atom stereocenters. The van der Waals surface area contributed by atoms with E-state index in [1.807, 2.05) is 0 Å². The second-order valence-corrected chi connectivity index (χ2v) is 5.96. The molecule has 0 aromatic rings. The molecule has 0 atom stereocenters. The quantitative estimate of drug-likeness (QED) is 0.216. The first kappa shape index (κ1) is 24.2. The standard InChI is InChI=1S/C17H38N4.HI/c1-6-18-17(20-14-11-12-16(4)5)19-13-9-10-15-21(7-2)8-3;/h16H,6-15H2,1-5H3,(H2,18,19,20);1H. The van der Waals surface area contributed by atoms with Gasteiger partial charge in [0.25, 0.3) is 0 Å². The summed E-state index contributed by atoms with van der Waals surface area (Å²) in [6.07, 6.45) is 4.89. The van der Waals surface area contributed by atoms with Crippen LogP contribution in [0.4, 0.5) is 0 Å². The van der Waals surface area contributed by atoms with E-state index in [4.69, 9.17) is 0 Å². The van der Waals surface area contributed by atoms with Crippen LogP contribution in [-0.4, -0.2) is 50.1 Å². The van der Waals surface area contributed by atoms with Crippen LogP contribution in [-0.2, 0) is 0 Å². The zero-order chi connectivity index (χ0) is 15.9. The maximum atomic E-state index is 4.63. The first-order valence-corrected chi connectivity index (χ1v) is 8.88. The lowest BCUT2D eigenvalue weighted by molar-refractivity contribution is 0.297. The van der Waals surface area contributed by atoms with E-state index in [1.165, 1.54) is 32.2 Å². The van der Waals surface area contributed by atoms with Crippen LogP contribution in [0.1, 0.15) is 60.3 Å². The molecule has 0 saturated carbocycles. The Labute approximate surface area is 155 Å². The molecule has 2 N–H and O–H groups in total. The third kappa shape index (κ3) is 14.9. The van der Waals surface area contributed by atoms with Gasteiger partial charge in [-0.25, -0.2) is 0 Å².